The molecule has 2 N–H and O–H groups in total. The molecule has 28 heavy (non-hydrogen) atoms. The van der Waals surface area contributed by atoms with Crippen molar-refractivity contribution in [3.05, 3.63) is 66.6 Å². The lowest BCUT2D eigenvalue weighted by Crippen LogP contribution is -2.30. The Morgan fingerprint density at radius 1 is 1.11 bits per heavy atom. The molecule has 0 aliphatic rings. The van der Waals surface area contributed by atoms with E-state index in [0.717, 1.165) is 11.3 Å². The lowest BCUT2D eigenvalue weighted by atomic mass is 10.2. The van der Waals surface area contributed by atoms with E-state index in [1.54, 1.807) is 6.26 Å². The van der Waals surface area contributed by atoms with Crippen LogP contribution in [0.3, 0.4) is 0 Å². The molecule has 0 spiro atoms. The van der Waals surface area contributed by atoms with Crippen molar-refractivity contribution >= 4 is 11.7 Å². The SMILES string of the molecule is CC(C)COc1ccccc1NC(=O)NCCc1coc(-c2ccccc2)n1. The molecule has 0 atom stereocenters. The van der Waals surface area contributed by atoms with Crippen LogP contribution in [0.15, 0.2) is 65.3 Å². The summed E-state index contributed by atoms with van der Waals surface area (Å²) in [5.41, 5.74) is 2.37. The summed E-state index contributed by atoms with van der Waals surface area (Å²) >= 11 is 0. The van der Waals surface area contributed by atoms with Crippen molar-refractivity contribution < 1.29 is 13.9 Å². The predicted molar refractivity (Wildman–Crippen MR) is 109 cm³/mol. The van der Waals surface area contributed by atoms with E-state index < -0.39 is 0 Å². The van der Waals surface area contributed by atoms with E-state index in [1.165, 1.54) is 0 Å². The molecule has 0 aliphatic heterocycles. The van der Waals surface area contributed by atoms with Gasteiger partial charge < -0.3 is 19.8 Å². The molecule has 146 valence electrons. The third-order valence-electron chi connectivity index (χ3n) is 3.95. The monoisotopic (exact) mass is 379 g/mol. The summed E-state index contributed by atoms with van der Waals surface area (Å²) < 4.78 is 11.3. The second-order valence-corrected chi connectivity index (χ2v) is 6.84. The number of ether oxygens (including phenoxy) is 1. The smallest absolute Gasteiger partial charge is 0.319 e. The van der Waals surface area contributed by atoms with Crippen LogP contribution in [0.25, 0.3) is 11.5 Å². The van der Waals surface area contributed by atoms with Gasteiger partial charge >= 0.3 is 6.03 Å². The quantitative estimate of drug-likeness (QED) is 0.593. The lowest BCUT2D eigenvalue weighted by molar-refractivity contribution is 0.251. The molecule has 0 aliphatic carbocycles. The molecule has 6 heteroatoms. The second kappa shape index (κ2) is 9.60. The third-order valence-corrected chi connectivity index (χ3v) is 3.95. The van der Waals surface area contributed by atoms with Crippen molar-refractivity contribution in [1.82, 2.24) is 10.3 Å². The number of anilines is 1. The first-order valence-electron chi connectivity index (χ1n) is 9.38. The number of benzene rings is 2. The highest BCUT2D eigenvalue weighted by Gasteiger charge is 2.09. The number of para-hydroxylation sites is 2. The number of nitrogens with zero attached hydrogens (tertiary/aromatic N) is 1. The van der Waals surface area contributed by atoms with Crippen LogP contribution < -0.4 is 15.4 Å². The van der Waals surface area contributed by atoms with Crippen molar-refractivity contribution in [3.8, 4) is 17.2 Å². The normalized spacial score (nSPS) is 10.7. The Hall–Kier alpha value is -3.28. The molecule has 0 saturated heterocycles. The molecule has 3 aromatic rings. The van der Waals surface area contributed by atoms with Crippen molar-refractivity contribution in [2.75, 3.05) is 18.5 Å². The molecule has 0 fully saturated rings. The predicted octanol–water partition coefficient (Wildman–Crippen LogP) is 4.74. The number of oxazole rings is 1. The molecule has 1 aromatic heterocycles. The van der Waals surface area contributed by atoms with Crippen LogP contribution in [0.4, 0.5) is 10.5 Å². The number of hydrogen-bond donors (Lipinski definition) is 2. The molecular formula is C22H25N3O3. The topological polar surface area (TPSA) is 76.4 Å². The summed E-state index contributed by atoms with van der Waals surface area (Å²) in [6.45, 7) is 5.20. The van der Waals surface area contributed by atoms with E-state index in [0.29, 0.717) is 42.8 Å². The van der Waals surface area contributed by atoms with E-state index >= 15 is 0 Å². The maximum atomic E-state index is 12.2. The Labute approximate surface area is 164 Å². The fraction of sp³-hybridized carbons (Fsp3) is 0.273. The third kappa shape index (κ3) is 5.61. The Balaban J connectivity index is 1.48. The van der Waals surface area contributed by atoms with Gasteiger partial charge in [0.25, 0.3) is 0 Å². The highest BCUT2D eigenvalue weighted by atomic mass is 16.5. The van der Waals surface area contributed by atoms with Gasteiger partial charge in [-0.1, -0.05) is 44.2 Å². The standard InChI is InChI=1S/C22H25N3O3/c1-16(2)14-27-20-11-7-6-10-19(20)25-22(26)23-13-12-18-15-28-21(24-18)17-8-4-3-5-9-17/h3-11,15-16H,12-14H2,1-2H3,(H2,23,25,26). The number of aromatic nitrogens is 1. The molecule has 0 unspecified atom stereocenters. The van der Waals surface area contributed by atoms with Crippen molar-refractivity contribution in [1.29, 1.82) is 0 Å². The maximum absolute atomic E-state index is 12.2. The van der Waals surface area contributed by atoms with Crippen molar-refractivity contribution in [2.24, 2.45) is 5.92 Å². The van der Waals surface area contributed by atoms with Gasteiger partial charge in [0.2, 0.25) is 5.89 Å². The van der Waals surface area contributed by atoms with Gasteiger partial charge in [0.1, 0.15) is 12.0 Å². The van der Waals surface area contributed by atoms with E-state index in [9.17, 15) is 4.79 Å². The average Bonchev–Trinajstić information content (AvgIpc) is 3.17. The van der Waals surface area contributed by atoms with E-state index in [-0.39, 0.29) is 6.03 Å². The zero-order chi connectivity index (χ0) is 19.8. The van der Waals surface area contributed by atoms with Crippen LogP contribution in [0, 0.1) is 5.92 Å². The first-order chi connectivity index (χ1) is 13.6. The van der Waals surface area contributed by atoms with Crippen molar-refractivity contribution in [2.45, 2.75) is 20.3 Å². The van der Waals surface area contributed by atoms with Gasteiger partial charge in [0.05, 0.1) is 18.0 Å². The van der Waals surface area contributed by atoms with Crippen LogP contribution in [0.2, 0.25) is 0 Å². The fourth-order valence-corrected chi connectivity index (χ4v) is 2.56. The van der Waals surface area contributed by atoms with Gasteiger partial charge in [-0.2, -0.15) is 0 Å². The Morgan fingerprint density at radius 2 is 1.86 bits per heavy atom. The molecule has 2 amide bonds. The Bertz CT molecular complexity index is 891. The second-order valence-electron chi connectivity index (χ2n) is 6.84. The fourth-order valence-electron chi connectivity index (χ4n) is 2.56. The Morgan fingerprint density at radius 3 is 2.64 bits per heavy atom. The molecule has 0 radical (unpaired) electrons. The van der Waals surface area contributed by atoms with Gasteiger partial charge in [-0.25, -0.2) is 9.78 Å². The van der Waals surface area contributed by atoms with Crippen LogP contribution >= 0.6 is 0 Å². The first kappa shape index (κ1) is 19.5. The highest BCUT2D eigenvalue weighted by Crippen LogP contribution is 2.24. The summed E-state index contributed by atoms with van der Waals surface area (Å²) in [5, 5.41) is 5.67. The van der Waals surface area contributed by atoms with Crippen LogP contribution in [-0.2, 0) is 6.42 Å². The summed E-state index contributed by atoms with van der Waals surface area (Å²) in [5.74, 6) is 1.65. The zero-order valence-electron chi connectivity index (χ0n) is 16.1. The van der Waals surface area contributed by atoms with E-state index in [1.807, 2.05) is 54.6 Å². The zero-order valence-corrected chi connectivity index (χ0v) is 16.1. The minimum absolute atomic E-state index is 0.285. The average molecular weight is 379 g/mol. The van der Waals surface area contributed by atoms with Gasteiger partial charge in [-0.3, -0.25) is 0 Å². The molecule has 2 aromatic carbocycles. The van der Waals surface area contributed by atoms with Crippen LogP contribution in [0.5, 0.6) is 5.75 Å². The molecule has 3 rings (SSSR count). The molecule has 0 bridgehead atoms. The number of carbonyl (C=O) groups excluding carboxylic acids is 1. The van der Waals surface area contributed by atoms with Crippen molar-refractivity contribution in [3.63, 3.8) is 0 Å². The number of rotatable bonds is 8. The minimum atomic E-state index is -0.285. The number of carbonyl (C=O) groups is 1. The number of nitrogens with one attached hydrogen (secondary N) is 2. The molecule has 0 saturated carbocycles. The largest absolute Gasteiger partial charge is 0.491 e. The first-order valence-corrected chi connectivity index (χ1v) is 9.38. The van der Waals surface area contributed by atoms with Gasteiger partial charge in [0, 0.05) is 18.5 Å². The number of urea groups is 1. The van der Waals surface area contributed by atoms with Gasteiger partial charge in [0.15, 0.2) is 0 Å². The van der Waals surface area contributed by atoms with Gasteiger partial charge in [-0.05, 0) is 30.2 Å². The highest BCUT2D eigenvalue weighted by molar-refractivity contribution is 5.90. The number of amides is 2. The van der Waals surface area contributed by atoms with E-state index in [2.05, 4.69) is 29.5 Å². The number of hydrogen-bond acceptors (Lipinski definition) is 4. The summed E-state index contributed by atoms with van der Waals surface area (Å²) in [6.07, 6.45) is 2.20. The summed E-state index contributed by atoms with van der Waals surface area (Å²) in [7, 11) is 0. The Kier molecular flexibility index (Phi) is 6.68. The van der Waals surface area contributed by atoms with E-state index in [4.69, 9.17) is 9.15 Å². The minimum Gasteiger partial charge on any atom is -0.491 e. The lowest BCUT2D eigenvalue weighted by Gasteiger charge is -2.14. The summed E-state index contributed by atoms with van der Waals surface area (Å²) in [6, 6.07) is 16.8. The molecular weight excluding hydrogens is 354 g/mol. The molecule has 1 heterocycles. The molecule has 6 nitrogen and oxygen atoms in total. The van der Waals surface area contributed by atoms with Crippen LogP contribution in [0.1, 0.15) is 19.5 Å². The maximum Gasteiger partial charge on any atom is 0.319 e. The summed E-state index contributed by atoms with van der Waals surface area (Å²) in [4.78, 5) is 16.7. The van der Waals surface area contributed by atoms with Gasteiger partial charge in [-0.15, -0.1) is 0 Å². The van der Waals surface area contributed by atoms with Crippen LogP contribution in [-0.4, -0.2) is 24.2 Å².